The van der Waals surface area contributed by atoms with E-state index in [-0.39, 0.29) is 6.03 Å². The lowest BCUT2D eigenvalue weighted by Crippen LogP contribution is -2.48. The Bertz CT molecular complexity index is 821. The number of rotatable bonds is 9. The van der Waals surface area contributed by atoms with Gasteiger partial charge in [-0.05, 0) is 43.9 Å². The van der Waals surface area contributed by atoms with Crippen molar-refractivity contribution in [3.05, 3.63) is 65.2 Å². The van der Waals surface area contributed by atoms with Crippen LogP contribution in [0.15, 0.2) is 53.5 Å². The van der Waals surface area contributed by atoms with Gasteiger partial charge in [-0.1, -0.05) is 55.5 Å². The van der Waals surface area contributed by atoms with Crippen LogP contribution in [-0.2, 0) is 17.8 Å². The zero-order valence-corrected chi connectivity index (χ0v) is 18.6. The Morgan fingerprint density at radius 1 is 1.07 bits per heavy atom. The Labute approximate surface area is 180 Å². The Balaban J connectivity index is 1.98. The molecule has 0 saturated carbocycles. The summed E-state index contributed by atoms with van der Waals surface area (Å²) in [7, 11) is 0. The smallest absolute Gasteiger partial charge is 0.328 e. The third-order valence-electron chi connectivity index (χ3n) is 4.72. The summed E-state index contributed by atoms with van der Waals surface area (Å²) in [5.74, 6) is 0.468. The fourth-order valence-corrected chi connectivity index (χ4v) is 3.26. The molecule has 0 aliphatic heterocycles. The van der Waals surface area contributed by atoms with Crippen molar-refractivity contribution in [3.8, 4) is 0 Å². The molecule has 2 amide bonds. The summed E-state index contributed by atoms with van der Waals surface area (Å²) < 4.78 is 5.68. The van der Waals surface area contributed by atoms with Crippen LogP contribution in [0.1, 0.15) is 37.5 Å². The van der Waals surface area contributed by atoms with E-state index >= 15 is 0 Å². The van der Waals surface area contributed by atoms with Gasteiger partial charge in [0, 0.05) is 13.1 Å². The quantitative estimate of drug-likeness (QED) is 0.368. The second-order valence-corrected chi connectivity index (χ2v) is 6.91. The lowest BCUT2D eigenvalue weighted by molar-refractivity contribution is 0.128. The molecule has 30 heavy (non-hydrogen) atoms. The number of hydrogen-bond acceptors (Lipinski definition) is 3. The topological polar surface area (TPSA) is 66.0 Å². The predicted octanol–water partition coefficient (Wildman–Crippen LogP) is 4.28. The van der Waals surface area contributed by atoms with Gasteiger partial charge < -0.3 is 10.1 Å². The average molecular weight is 411 g/mol. The third kappa shape index (κ3) is 6.88. The van der Waals surface area contributed by atoms with Crippen molar-refractivity contribution < 1.29 is 9.53 Å². The molecule has 6 heteroatoms. The van der Waals surface area contributed by atoms with Crippen LogP contribution < -0.4 is 15.5 Å². The van der Waals surface area contributed by atoms with Crippen molar-refractivity contribution >= 4 is 17.7 Å². The average Bonchev–Trinajstić information content (AvgIpc) is 2.75. The summed E-state index contributed by atoms with van der Waals surface area (Å²) in [5.41, 5.74) is 4.35. The molecule has 0 spiro atoms. The molecule has 0 aliphatic carbocycles. The van der Waals surface area contributed by atoms with Crippen LogP contribution in [-0.4, -0.2) is 38.2 Å². The van der Waals surface area contributed by atoms with E-state index in [0.29, 0.717) is 38.8 Å². The molecule has 2 N–H and O–H groups in total. The predicted molar refractivity (Wildman–Crippen MR) is 124 cm³/mol. The van der Waals surface area contributed by atoms with E-state index < -0.39 is 0 Å². The zero-order chi connectivity index (χ0) is 21.8. The normalized spacial score (nSPS) is 11.3. The van der Waals surface area contributed by atoms with Gasteiger partial charge in [0.25, 0.3) is 0 Å². The number of hydrogen-bond donors (Lipinski definition) is 2. The van der Waals surface area contributed by atoms with Crippen LogP contribution in [0, 0.1) is 6.92 Å². The van der Waals surface area contributed by atoms with Crippen LogP contribution in [0.5, 0.6) is 0 Å². The molecule has 2 aromatic carbocycles. The van der Waals surface area contributed by atoms with Crippen molar-refractivity contribution in [2.24, 2.45) is 4.99 Å². The molecular formula is C24H34N4O2. The summed E-state index contributed by atoms with van der Waals surface area (Å²) in [4.78, 5) is 19.3. The standard InChI is InChI=1S/C24H34N4O2/c1-5-21-15-11-12-19(4)22(21)28(7-3)24(29)27-23(25-6-2)26-16-17-30-18-20-13-9-8-10-14-20/h8-15H,5-7,16-18H2,1-4H3,(H2,25,26,27,29). The van der Waals surface area contributed by atoms with E-state index in [9.17, 15) is 4.79 Å². The molecule has 6 nitrogen and oxygen atoms in total. The monoisotopic (exact) mass is 410 g/mol. The first-order chi connectivity index (χ1) is 14.6. The molecule has 2 aromatic rings. The Kier molecular flexibility index (Phi) is 9.87. The van der Waals surface area contributed by atoms with Gasteiger partial charge >= 0.3 is 6.03 Å². The van der Waals surface area contributed by atoms with Crippen molar-refractivity contribution in [1.29, 1.82) is 0 Å². The minimum absolute atomic E-state index is 0.189. The molecule has 0 saturated heterocycles. The van der Waals surface area contributed by atoms with Gasteiger partial charge in [0.1, 0.15) is 0 Å². The Hall–Kier alpha value is -2.86. The number of guanidine groups is 1. The summed E-state index contributed by atoms with van der Waals surface area (Å²) >= 11 is 0. The fraction of sp³-hybridized carbons (Fsp3) is 0.417. The van der Waals surface area contributed by atoms with Crippen molar-refractivity contribution in [2.45, 2.75) is 40.7 Å². The molecule has 162 valence electrons. The number of benzene rings is 2. The minimum atomic E-state index is -0.189. The van der Waals surface area contributed by atoms with Crippen LogP contribution in [0.25, 0.3) is 0 Å². The van der Waals surface area contributed by atoms with Crippen LogP contribution in [0.4, 0.5) is 10.5 Å². The molecule has 0 unspecified atom stereocenters. The maximum Gasteiger partial charge on any atom is 0.328 e. The van der Waals surface area contributed by atoms with Gasteiger partial charge in [-0.3, -0.25) is 15.2 Å². The Morgan fingerprint density at radius 2 is 1.83 bits per heavy atom. The van der Waals surface area contributed by atoms with Gasteiger partial charge in [-0.15, -0.1) is 0 Å². The minimum Gasteiger partial charge on any atom is -0.375 e. The highest BCUT2D eigenvalue weighted by Crippen LogP contribution is 2.25. The summed E-state index contributed by atoms with van der Waals surface area (Å²) in [6.07, 6.45) is 0.869. The highest BCUT2D eigenvalue weighted by Gasteiger charge is 2.19. The second kappa shape index (κ2) is 12.6. The van der Waals surface area contributed by atoms with Gasteiger partial charge in [0.15, 0.2) is 5.96 Å². The molecular weight excluding hydrogens is 376 g/mol. The molecule has 2 rings (SSSR count). The van der Waals surface area contributed by atoms with E-state index in [1.165, 1.54) is 0 Å². The first-order valence-corrected chi connectivity index (χ1v) is 10.7. The van der Waals surface area contributed by atoms with Crippen LogP contribution in [0.3, 0.4) is 0 Å². The highest BCUT2D eigenvalue weighted by molar-refractivity contribution is 6.04. The molecule has 0 aromatic heterocycles. The first kappa shape index (κ1) is 23.4. The number of nitrogens with zero attached hydrogens (tertiary/aromatic N) is 2. The second-order valence-electron chi connectivity index (χ2n) is 6.91. The third-order valence-corrected chi connectivity index (χ3v) is 4.72. The maximum atomic E-state index is 13.0. The lowest BCUT2D eigenvalue weighted by atomic mass is 10.0. The molecule has 0 radical (unpaired) electrons. The van der Waals surface area contributed by atoms with E-state index in [1.807, 2.05) is 63.2 Å². The van der Waals surface area contributed by atoms with Crippen molar-refractivity contribution in [2.75, 3.05) is 31.1 Å². The van der Waals surface area contributed by atoms with Crippen LogP contribution in [0.2, 0.25) is 0 Å². The summed E-state index contributed by atoms with van der Waals surface area (Å²) in [6, 6.07) is 16.0. The van der Waals surface area contributed by atoms with Crippen molar-refractivity contribution in [3.63, 3.8) is 0 Å². The van der Waals surface area contributed by atoms with E-state index in [2.05, 4.69) is 28.6 Å². The number of aryl methyl sites for hydroxylation is 2. The number of urea groups is 1. The van der Waals surface area contributed by atoms with Gasteiger partial charge in [0.05, 0.1) is 25.4 Å². The maximum absolute atomic E-state index is 13.0. The number of amides is 2. The van der Waals surface area contributed by atoms with Crippen LogP contribution >= 0.6 is 0 Å². The van der Waals surface area contributed by atoms with Gasteiger partial charge in [0.2, 0.25) is 0 Å². The molecule has 0 fully saturated rings. The molecule has 0 atom stereocenters. The summed E-state index contributed by atoms with van der Waals surface area (Å²) in [5, 5.41) is 6.06. The number of carbonyl (C=O) groups is 1. The zero-order valence-electron chi connectivity index (χ0n) is 18.6. The number of carbonyl (C=O) groups excluding carboxylic acids is 1. The van der Waals surface area contributed by atoms with Gasteiger partial charge in [-0.25, -0.2) is 4.79 Å². The lowest BCUT2D eigenvalue weighted by Gasteiger charge is -2.26. The molecule has 0 aliphatic rings. The summed E-state index contributed by atoms with van der Waals surface area (Å²) in [6.45, 7) is 10.8. The van der Waals surface area contributed by atoms with Gasteiger partial charge in [-0.2, -0.15) is 0 Å². The first-order valence-electron chi connectivity index (χ1n) is 10.7. The molecule has 0 heterocycles. The highest BCUT2D eigenvalue weighted by atomic mass is 16.5. The Morgan fingerprint density at radius 3 is 2.50 bits per heavy atom. The molecule has 0 bridgehead atoms. The number of ether oxygens (including phenoxy) is 1. The largest absolute Gasteiger partial charge is 0.375 e. The number of para-hydroxylation sites is 1. The van der Waals surface area contributed by atoms with E-state index in [4.69, 9.17) is 4.74 Å². The van der Waals surface area contributed by atoms with E-state index in [0.717, 1.165) is 28.8 Å². The van der Waals surface area contributed by atoms with E-state index in [1.54, 1.807) is 4.90 Å². The number of aliphatic imine (C=N–C) groups is 1. The number of nitrogens with one attached hydrogen (secondary N) is 2. The number of anilines is 1. The fourth-order valence-electron chi connectivity index (χ4n) is 3.26. The van der Waals surface area contributed by atoms with Crippen molar-refractivity contribution in [1.82, 2.24) is 10.6 Å². The SMILES string of the molecule is CCNC(=NCCOCc1ccccc1)NC(=O)N(CC)c1c(C)cccc1CC.